The summed E-state index contributed by atoms with van der Waals surface area (Å²) in [7, 11) is -5.09. The van der Waals surface area contributed by atoms with Gasteiger partial charge in [-0.05, 0) is 42.0 Å². The molecule has 1 atom stereocenters. The van der Waals surface area contributed by atoms with Gasteiger partial charge in [0.05, 0.1) is 10.0 Å². The largest absolute Gasteiger partial charge is 0.508 e. The number of phenolic OH excluding ortho intramolecular Hbond substituents is 2. The van der Waals surface area contributed by atoms with Crippen molar-refractivity contribution in [2.24, 2.45) is 0 Å². The highest BCUT2D eigenvalue weighted by Crippen LogP contribution is 2.51. The third-order valence-corrected chi connectivity index (χ3v) is 7.14. The zero-order valence-electron chi connectivity index (χ0n) is 14.3. The molecule has 0 saturated heterocycles. The van der Waals surface area contributed by atoms with E-state index in [1.807, 2.05) is 0 Å². The third-order valence-electron chi connectivity index (χ3n) is 4.38. The number of aromatic hydroxyl groups is 2. The van der Waals surface area contributed by atoms with Crippen molar-refractivity contribution in [3.63, 3.8) is 0 Å². The van der Waals surface area contributed by atoms with Crippen LogP contribution in [0.25, 0.3) is 0 Å². The molecule has 3 rings (SSSR count). The average Bonchev–Trinajstić information content (AvgIpc) is 2.63. The van der Waals surface area contributed by atoms with Crippen molar-refractivity contribution in [3.8, 4) is 11.5 Å². The number of halogens is 4. The lowest BCUT2D eigenvalue weighted by Crippen LogP contribution is -2.38. The molecule has 0 aliphatic carbocycles. The van der Waals surface area contributed by atoms with Gasteiger partial charge in [-0.25, -0.2) is 0 Å². The van der Waals surface area contributed by atoms with Crippen LogP contribution >= 0.6 is 46.4 Å². The highest BCUT2D eigenvalue weighted by Gasteiger charge is 2.51. The van der Waals surface area contributed by atoms with Crippen LogP contribution in [0.1, 0.15) is 16.7 Å². The minimum Gasteiger partial charge on any atom is -0.508 e. The molecule has 0 fully saturated rings. The molecular weight excluding hydrogens is 482 g/mol. The molecule has 0 heterocycles. The Morgan fingerprint density at radius 1 is 0.724 bits per heavy atom. The fourth-order valence-electron chi connectivity index (χ4n) is 3.17. The summed E-state index contributed by atoms with van der Waals surface area (Å²) in [6, 6.07) is 11.2. The third kappa shape index (κ3) is 3.77. The van der Waals surface area contributed by atoms with Crippen LogP contribution in [0.3, 0.4) is 0 Å². The van der Waals surface area contributed by atoms with Gasteiger partial charge in [0.25, 0.3) is 10.1 Å². The molecule has 0 bridgehead atoms. The monoisotopic (exact) mass is 492 g/mol. The molecule has 0 spiro atoms. The summed E-state index contributed by atoms with van der Waals surface area (Å²) < 4.78 is 33.9. The molecule has 3 aromatic carbocycles. The first kappa shape index (κ1) is 22.0. The van der Waals surface area contributed by atoms with Crippen molar-refractivity contribution in [1.29, 1.82) is 0 Å². The van der Waals surface area contributed by atoms with Crippen LogP contribution in [0.15, 0.2) is 54.6 Å². The molecule has 0 aliphatic heterocycles. The van der Waals surface area contributed by atoms with E-state index in [0.717, 1.165) is 18.2 Å². The second-order valence-electron chi connectivity index (χ2n) is 6.11. The van der Waals surface area contributed by atoms with Crippen molar-refractivity contribution in [2.75, 3.05) is 0 Å². The molecule has 152 valence electrons. The van der Waals surface area contributed by atoms with Gasteiger partial charge in [-0.1, -0.05) is 58.5 Å². The maximum atomic E-state index is 12.9. The van der Waals surface area contributed by atoms with E-state index >= 15 is 0 Å². The Labute approximate surface area is 186 Å². The fourth-order valence-corrected chi connectivity index (χ4v) is 5.25. The van der Waals surface area contributed by atoms with E-state index in [1.54, 1.807) is 0 Å². The maximum Gasteiger partial charge on any atom is 0.283 e. The van der Waals surface area contributed by atoms with Gasteiger partial charge in [0.15, 0.2) is 4.75 Å². The number of hydrogen-bond donors (Lipinski definition) is 3. The van der Waals surface area contributed by atoms with Crippen molar-refractivity contribution >= 4 is 56.5 Å². The van der Waals surface area contributed by atoms with Gasteiger partial charge in [0.1, 0.15) is 11.5 Å². The fraction of sp³-hybridized carbons (Fsp3) is 0.0526. The summed E-state index contributed by atoms with van der Waals surface area (Å²) in [4.78, 5) is 0. The second-order valence-corrected chi connectivity index (χ2v) is 9.33. The molecule has 29 heavy (non-hydrogen) atoms. The number of benzene rings is 3. The standard InChI is InChI=1S/C19H12Cl4O5S/c20-11-3-1-10(2-4-11)19(29(26,27)28,13-7-12(24)5-6-15(13)21)14-8-16(22)17(23)9-18(14)25/h1-9,24-25H,(H,26,27,28). The van der Waals surface area contributed by atoms with Crippen LogP contribution in [0.5, 0.6) is 11.5 Å². The van der Waals surface area contributed by atoms with E-state index < -0.39 is 20.6 Å². The Hall–Kier alpha value is -1.67. The molecule has 3 N–H and O–H groups in total. The van der Waals surface area contributed by atoms with Crippen molar-refractivity contribution in [2.45, 2.75) is 4.75 Å². The summed E-state index contributed by atoms with van der Waals surface area (Å²) >= 11 is 24.2. The van der Waals surface area contributed by atoms with Gasteiger partial charge in [0.2, 0.25) is 0 Å². The van der Waals surface area contributed by atoms with Gasteiger partial charge < -0.3 is 10.2 Å². The predicted molar refractivity (Wildman–Crippen MR) is 114 cm³/mol. The smallest absolute Gasteiger partial charge is 0.283 e. The number of rotatable bonds is 4. The molecule has 10 heteroatoms. The van der Waals surface area contributed by atoms with Gasteiger partial charge in [-0.2, -0.15) is 8.42 Å². The minimum atomic E-state index is -5.09. The summed E-state index contributed by atoms with van der Waals surface area (Å²) in [5.41, 5.74) is -0.535. The van der Waals surface area contributed by atoms with E-state index in [-0.39, 0.29) is 37.5 Å². The number of hydrogen-bond acceptors (Lipinski definition) is 4. The van der Waals surface area contributed by atoms with Crippen LogP contribution in [-0.2, 0) is 14.9 Å². The predicted octanol–water partition coefficient (Wildman–Crippen LogP) is 5.89. The summed E-state index contributed by atoms with van der Waals surface area (Å²) in [5, 5.41) is 20.7. The Morgan fingerprint density at radius 3 is 1.90 bits per heavy atom. The van der Waals surface area contributed by atoms with Crippen molar-refractivity contribution in [1.82, 2.24) is 0 Å². The lowest BCUT2D eigenvalue weighted by Gasteiger charge is -2.34. The molecule has 0 aromatic heterocycles. The highest BCUT2D eigenvalue weighted by molar-refractivity contribution is 7.87. The lowest BCUT2D eigenvalue weighted by molar-refractivity contribution is 0.439. The Bertz CT molecular complexity index is 1200. The highest BCUT2D eigenvalue weighted by atomic mass is 35.5. The summed E-state index contributed by atoms with van der Waals surface area (Å²) in [6.45, 7) is 0. The van der Waals surface area contributed by atoms with E-state index in [9.17, 15) is 23.2 Å². The van der Waals surface area contributed by atoms with Gasteiger partial charge in [0, 0.05) is 27.2 Å². The molecule has 0 saturated carbocycles. The van der Waals surface area contributed by atoms with Crippen LogP contribution < -0.4 is 0 Å². The maximum absolute atomic E-state index is 12.9. The molecule has 0 radical (unpaired) electrons. The Kier molecular flexibility index (Phi) is 5.98. The Morgan fingerprint density at radius 2 is 1.31 bits per heavy atom. The molecule has 3 aromatic rings. The van der Waals surface area contributed by atoms with Crippen LogP contribution in [0.2, 0.25) is 20.1 Å². The van der Waals surface area contributed by atoms with Crippen molar-refractivity contribution in [3.05, 3.63) is 91.4 Å². The lowest BCUT2D eigenvalue weighted by atomic mass is 9.83. The van der Waals surface area contributed by atoms with Gasteiger partial charge >= 0.3 is 0 Å². The topological polar surface area (TPSA) is 94.8 Å². The van der Waals surface area contributed by atoms with E-state index in [4.69, 9.17) is 46.4 Å². The molecule has 1 unspecified atom stereocenters. The van der Waals surface area contributed by atoms with Crippen molar-refractivity contribution < 1.29 is 23.2 Å². The molecular formula is C19H12Cl4O5S. The zero-order valence-corrected chi connectivity index (χ0v) is 18.1. The van der Waals surface area contributed by atoms with Gasteiger partial charge in [-0.3, -0.25) is 4.55 Å². The van der Waals surface area contributed by atoms with Crippen LogP contribution in [-0.4, -0.2) is 23.2 Å². The van der Waals surface area contributed by atoms with Crippen LogP contribution in [0.4, 0.5) is 0 Å². The average molecular weight is 494 g/mol. The minimum absolute atomic E-state index is 0.00871. The van der Waals surface area contributed by atoms with E-state index in [2.05, 4.69) is 0 Å². The van der Waals surface area contributed by atoms with Crippen LogP contribution in [0, 0.1) is 0 Å². The van der Waals surface area contributed by atoms with Gasteiger partial charge in [-0.15, -0.1) is 0 Å². The first-order valence-corrected chi connectivity index (χ1v) is 10.8. The molecule has 5 nitrogen and oxygen atoms in total. The summed E-state index contributed by atoms with van der Waals surface area (Å²) in [6.07, 6.45) is 0. The normalized spacial score (nSPS) is 13.8. The number of phenols is 2. The second kappa shape index (κ2) is 7.87. The Balaban J connectivity index is 2.61. The molecule has 0 amide bonds. The quantitative estimate of drug-likeness (QED) is 0.311. The SMILES string of the molecule is O=S(=O)(O)C(c1ccc(Cl)cc1)(c1cc(Cl)c(Cl)cc1O)c1cc(O)ccc1Cl. The summed E-state index contributed by atoms with van der Waals surface area (Å²) in [5.74, 6) is -0.877. The first-order chi connectivity index (χ1) is 13.5. The first-order valence-electron chi connectivity index (χ1n) is 7.89. The van der Waals surface area contributed by atoms with E-state index in [0.29, 0.717) is 5.02 Å². The molecule has 0 aliphatic rings. The zero-order chi connectivity index (χ0) is 21.6. The van der Waals surface area contributed by atoms with E-state index in [1.165, 1.54) is 36.4 Å².